The summed E-state index contributed by atoms with van der Waals surface area (Å²) < 4.78 is 6.88. The molecule has 25 heavy (non-hydrogen) atoms. The second kappa shape index (κ2) is 5.82. The number of rotatable bonds is 3. The second-order valence-corrected chi connectivity index (χ2v) is 5.62. The number of nitrogen functional groups attached to an aromatic ring is 1. The smallest absolute Gasteiger partial charge is 0.282 e. The molecule has 124 valence electrons. The molecule has 0 fully saturated rings. The van der Waals surface area contributed by atoms with E-state index in [9.17, 15) is 0 Å². The molecule has 0 amide bonds. The summed E-state index contributed by atoms with van der Waals surface area (Å²) in [5.41, 5.74) is 10.4. The maximum absolute atomic E-state index is 6.23. The number of hydrogen-bond acceptors (Lipinski definition) is 7. The molecule has 4 aromatic rings. The Morgan fingerprint density at radius 3 is 2.80 bits per heavy atom. The summed E-state index contributed by atoms with van der Waals surface area (Å²) in [6.07, 6.45) is 3.34. The Morgan fingerprint density at radius 1 is 1.12 bits per heavy atom. The lowest BCUT2D eigenvalue weighted by molar-refractivity contribution is 0.431. The average molecular weight is 333 g/mol. The van der Waals surface area contributed by atoms with E-state index in [2.05, 4.69) is 25.4 Å². The van der Waals surface area contributed by atoms with Gasteiger partial charge in [0.15, 0.2) is 11.5 Å². The largest absolute Gasteiger partial charge is 0.382 e. The second-order valence-electron chi connectivity index (χ2n) is 5.62. The van der Waals surface area contributed by atoms with Crippen LogP contribution in [0.5, 0.6) is 0 Å². The van der Waals surface area contributed by atoms with Crippen LogP contribution < -0.4 is 5.73 Å². The number of nitrogens with two attached hydrogens (primary N) is 1. The predicted octanol–water partition coefficient (Wildman–Crippen LogP) is 2.58. The molecule has 0 unspecified atom stereocenters. The summed E-state index contributed by atoms with van der Waals surface area (Å²) in [6.45, 7) is 4.05. The molecule has 4 rings (SSSR count). The maximum atomic E-state index is 6.23. The van der Waals surface area contributed by atoms with E-state index in [1.807, 2.05) is 38.1 Å². The van der Waals surface area contributed by atoms with Gasteiger partial charge in [0, 0.05) is 18.0 Å². The van der Waals surface area contributed by atoms with Gasteiger partial charge in [-0.25, -0.2) is 0 Å². The van der Waals surface area contributed by atoms with Crippen molar-refractivity contribution in [3.8, 4) is 28.7 Å². The number of aromatic nitrogens is 6. The number of benzene rings is 1. The van der Waals surface area contributed by atoms with Crippen molar-refractivity contribution >= 4 is 5.82 Å². The van der Waals surface area contributed by atoms with Gasteiger partial charge >= 0.3 is 0 Å². The first-order valence-electron chi connectivity index (χ1n) is 7.67. The summed E-state index contributed by atoms with van der Waals surface area (Å²) in [6, 6.07) is 9.57. The summed E-state index contributed by atoms with van der Waals surface area (Å²) in [5.74, 6) is 0.979. The highest BCUT2D eigenvalue weighted by Gasteiger charge is 2.20. The van der Waals surface area contributed by atoms with Crippen molar-refractivity contribution in [1.82, 2.24) is 30.1 Å². The van der Waals surface area contributed by atoms with Crippen molar-refractivity contribution in [1.29, 1.82) is 0 Å². The van der Waals surface area contributed by atoms with Crippen molar-refractivity contribution in [2.75, 3.05) is 5.73 Å². The zero-order chi connectivity index (χ0) is 17.4. The highest BCUT2D eigenvalue weighted by Crippen LogP contribution is 2.27. The lowest BCUT2D eigenvalue weighted by Crippen LogP contribution is -2.05. The van der Waals surface area contributed by atoms with Gasteiger partial charge in [0.25, 0.3) is 5.89 Å². The first kappa shape index (κ1) is 15.0. The summed E-state index contributed by atoms with van der Waals surface area (Å²) in [7, 11) is 0. The van der Waals surface area contributed by atoms with Crippen LogP contribution in [-0.4, -0.2) is 30.1 Å². The van der Waals surface area contributed by atoms with Crippen molar-refractivity contribution in [2.45, 2.75) is 13.8 Å². The minimum absolute atomic E-state index is 0.216. The predicted molar refractivity (Wildman–Crippen MR) is 91.8 cm³/mol. The van der Waals surface area contributed by atoms with Gasteiger partial charge in [-0.05, 0) is 43.2 Å². The van der Waals surface area contributed by atoms with Crippen molar-refractivity contribution in [3.05, 3.63) is 53.9 Å². The number of hydrogen-bond donors (Lipinski definition) is 1. The normalized spacial score (nSPS) is 11.0. The third kappa shape index (κ3) is 2.53. The van der Waals surface area contributed by atoms with E-state index >= 15 is 0 Å². The lowest BCUT2D eigenvalue weighted by atomic mass is 10.1. The van der Waals surface area contributed by atoms with Gasteiger partial charge in [0.05, 0.1) is 5.69 Å². The molecular weight excluding hydrogens is 318 g/mol. The Kier molecular flexibility index (Phi) is 3.50. The fraction of sp³-hybridized carbons (Fsp3) is 0.118. The van der Waals surface area contributed by atoms with E-state index in [0.29, 0.717) is 17.3 Å². The number of nitrogens with zero attached hydrogens (tertiary/aromatic N) is 6. The van der Waals surface area contributed by atoms with Crippen LogP contribution in [0.25, 0.3) is 28.7 Å². The van der Waals surface area contributed by atoms with E-state index < -0.39 is 0 Å². The molecule has 3 heterocycles. The van der Waals surface area contributed by atoms with Crippen LogP contribution in [0.15, 0.2) is 47.2 Å². The highest BCUT2D eigenvalue weighted by molar-refractivity contribution is 5.66. The molecule has 8 heteroatoms. The molecule has 0 radical (unpaired) electrons. The van der Waals surface area contributed by atoms with Crippen LogP contribution in [0.4, 0.5) is 5.82 Å². The Labute approximate surface area is 143 Å². The third-order valence-corrected chi connectivity index (χ3v) is 4.06. The Bertz CT molecular complexity index is 1040. The molecular formula is C17H15N7O. The van der Waals surface area contributed by atoms with Gasteiger partial charge in [0.1, 0.15) is 0 Å². The average Bonchev–Trinajstić information content (AvgIpc) is 3.25. The van der Waals surface area contributed by atoms with Crippen molar-refractivity contribution < 1.29 is 4.52 Å². The van der Waals surface area contributed by atoms with Gasteiger partial charge < -0.3 is 10.3 Å². The minimum Gasteiger partial charge on any atom is -0.382 e. The molecule has 8 nitrogen and oxygen atoms in total. The quantitative estimate of drug-likeness (QED) is 0.613. The van der Waals surface area contributed by atoms with Gasteiger partial charge in [-0.2, -0.15) is 9.67 Å². The summed E-state index contributed by atoms with van der Waals surface area (Å²) >= 11 is 0. The number of pyridine rings is 1. The Morgan fingerprint density at radius 2 is 2.00 bits per heavy atom. The lowest BCUT2D eigenvalue weighted by Gasteiger charge is -2.08. The van der Waals surface area contributed by atoms with Crippen LogP contribution in [0.1, 0.15) is 11.1 Å². The molecule has 0 spiro atoms. The molecule has 0 aliphatic carbocycles. The standard InChI is InChI=1S/C17H15N7O/c1-10-5-3-7-13(11(10)2)24-15(18)14(21-23-24)17-20-16(22-25-17)12-6-4-8-19-9-12/h3-9H,18H2,1-2H3. The van der Waals surface area contributed by atoms with Gasteiger partial charge in [-0.3, -0.25) is 4.98 Å². The Hall–Kier alpha value is -3.55. The molecule has 0 aliphatic heterocycles. The molecule has 0 aliphatic rings. The van der Waals surface area contributed by atoms with E-state index in [1.54, 1.807) is 23.1 Å². The van der Waals surface area contributed by atoms with E-state index in [4.69, 9.17) is 10.3 Å². The fourth-order valence-electron chi connectivity index (χ4n) is 2.52. The molecule has 0 saturated carbocycles. The molecule has 0 saturated heterocycles. The van der Waals surface area contributed by atoms with Gasteiger partial charge in [0.2, 0.25) is 5.82 Å². The number of aryl methyl sites for hydroxylation is 1. The third-order valence-electron chi connectivity index (χ3n) is 4.06. The van der Waals surface area contributed by atoms with Crippen LogP contribution in [0.3, 0.4) is 0 Å². The summed E-state index contributed by atoms with van der Waals surface area (Å²) in [5, 5.41) is 12.2. The van der Waals surface area contributed by atoms with Crippen LogP contribution in [0, 0.1) is 13.8 Å². The van der Waals surface area contributed by atoms with Gasteiger partial charge in [-0.15, -0.1) is 5.10 Å². The molecule has 2 N–H and O–H groups in total. The van der Waals surface area contributed by atoms with E-state index in [0.717, 1.165) is 22.4 Å². The van der Waals surface area contributed by atoms with Crippen LogP contribution in [0.2, 0.25) is 0 Å². The number of anilines is 1. The van der Waals surface area contributed by atoms with Crippen molar-refractivity contribution in [3.63, 3.8) is 0 Å². The monoisotopic (exact) mass is 333 g/mol. The summed E-state index contributed by atoms with van der Waals surface area (Å²) in [4.78, 5) is 8.39. The van der Waals surface area contributed by atoms with Crippen LogP contribution in [-0.2, 0) is 0 Å². The molecule has 0 bridgehead atoms. The molecule has 0 atom stereocenters. The molecule has 1 aromatic carbocycles. The van der Waals surface area contributed by atoms with Gasteiger partial charge in [-0.1, -0.05) is 22.5 Å². The van der Waals surface area contributed by atoms with E-state index in [-0.39, 0.29) is 5.89 Å². The van der Waals surface area contributed by atoms with Crippen molar-refractivity contribution in [2.24, 2.45) is 0 Å². The first-order chi connectivity index (χ1) is 12.1. The van der Waals surface area contributed by atoms with E-state index in [1.165, 1.54) is 0 Å². The molecule has 3 aromatic heterocycles. The topological polar surface area (TPSA) is 109 Å². The zero-order valence-electron chi connectivity index (χ0n) is 13.7. The minimum atomic E-state index is 0.216. The highest BCUT2D eigenvalue weighted by atomic mass is 16.5. The Balaban J connectivity index is 1.75. The maximum Gasteiger partial charge on any atom is 0.282 e. The van der Waals surface area contributed by atoms with Crippen LogP contribution >= 0.6 is 0 Å². The zero-order valence-corrected chi connectivity index (χ0v) is 13.7. The first-order valence-corrected chi connectivity index (χ1v) is 7.67. The SMILES string of the molecule is Cc1cccc(-n2nnc(-c3nc(-c4cccnc4)no3)c2N)c1C. The fourth-order valence-corrected chi connectivity index (χ4v) is 2.52.